The topological polar surface area (TPSA) is 82.5 Å². The Bertz CT molecular complexity index is 444. The third-order valence-electron chi connectivity index (χ3n) is 2.55. The van der Waals surface area contributed by atoms with E-state index in [1.807, 2.05) is 13.8 Å². The van der Waals surface area contributed by atoms with Gasteiger partial charge in [-0.25, -0.2) is 14.6 Å². The molecule has 1 aromatic heterocycles. The summed E-state index contributed by atoms with van der Waals surface area (Å²) in [5.74, 6) is -1.06. The average molecular weight is 271 g/mol. The van der Waals surface area contributed by atoms with Gasteiger partial charge in [0.25, 0.3) is 0 Å². The van der Waals surface area contributed by atoms with Crippen LogP contribution in [0, 0.1) is 0 Å². The number of nitrogens with zero attached hydrogens (tertiary/aromatic N) is 2. The number of rotatable bonds is 4. The third-order valence-corrected chi connectivity index (χ3v) is 3.57. The van der Waals surface area contributed by atoms with Gasteiger partial charge in [0.05, 0.1) is 6.04 Å². The Hall–Kier alpha value is -1.63. The van der Waals surface area contributed by atoms with Gasteiger partial charge in [-0.2, -0.15) is 0 Å². The molecule has 0 bridgehead atoms. The summed E-state index contributed by atoms with van der Waals surface area (Å²) < 4.78 is 0. The van der Waals surface area contributed by atoms with Gasteiger partial charge in [0, 0.05) is 18.5 Å². The Morgan fingerprint density at radius 2 is 2.06 bits per heavy atom. The van der Waals surface area contributed by atoms with Gasteiger partial charge in [-0.15, -0.1) is 11.3 Å². The van der Waals surface area contributed by atoms with E-state index in [-0.39, 0.29) is 23.8 Å². The van der Waals surface area contributed by atoms with Crippen molar-refractivity contribution in [2.24, 2.45) is 0 Å². The Kier molecular flexibility index (Phi) is 4.66. The second-order valence-corrected chi connectivity index (χ2v) is 5.14. The summed E-state index contributed by atoms with van der Waals surface area (Å²) in [6, 6.07) is -0.413. The van der Waals surface area contributed by atoms with Crippen molar-refractivity contribution in [1.82, 2.24) is 15.2 Å². The van der Waals surface area contributed by atoms with E-state index in [0.717, 1.165) is 0 Å². The summed E-state index contributed by atoms with van der Waals surface area (Å²) in [4.78, 5) is 28.0. The molecule has 2 N–H and O–H groups in total. The summed E-state index contributed by atoms with van der Waals surface area (Å²) in [6.07, 6.45) is 0. The zero-order valence-corrected chi connectivity index (χ0v) is 11.6. The van der Waals surface area contributed by atoms with Gasteiger partial charge in [0.1, 0.15) is 5.01 Å². The Labute approximate surface area is 110 Å². The normalized spacial score (nSPS) is 12.3. The predicted molar refractivity (Wildman–Crippen MR) is 68.9 cm³/mol. The summed E-state index contributed by atoms with van der Waals surface area (Å²) in [5, 5.41) is 13.6. The van der Waals surface area contributed by atoms with Crippen LogP contribution in [0.5, 0.6) is 0 Å². The van der Waals surface area contributed by atoms with E-state index in [1.54, 1.807) is 18.9 Å². The van der Waals surface area contributed by atoms with Crippen LogP contribution in [0.4, 0.5) is 4.79 Å². The van der Waals surface area contributed by atoms with E-state index < -0.39 is 5.97 Å². The van der Waals surface area contributed by atoms with Crippen LogP contribution in [0.25, 0.3) is 0 Å². The van der Waals surface area contributed by atoms with Crippen LogP contribution in [-0.4, -0.2) is 40.1 Å². The first-order valence-corrected chi connectivity index (χ1v) is 6.43. The van der Waals surface area contributed by atoms with Crippen molar-refractivity contribution in [3.63, 3.8) is 0 Å². The molecule has 0 aliphatic rings. The van der Waals surface area contributed by atoms with E-state index in [2.05, 4.69) is 10.3 Å². The quantitative estimate of drug-likeness (QED) is 0.876. The highest BCUT2D eigenvalue weighted by atomic mass is 32.1. The lowest BCUT2D eigenvalue weighted by atomic mass is 10.3. The summed E-state index contributed by atoms with van der Waals surface area (Å²) in [6.45, 7) is 5.60. The molecule has 100 valence electrons. The number of urea groups is 1. The first-order valence-electron chi connectivity index (χ1n) is 5.55. The molecule has 0 aliphatic heterocycles. The fourth-order valence-electron chi connectivity index (χ4n) is 1.17. The highest BCUT2D eigenvalue weighted by Gasteiger charge is 2.18. The minimum atomic E-state index is -1.06. The number of carbonyl (C=O) groups excluding carboxylic acids is 1. The van der Waals surface area contributed by atoms with Gasteiger partial charge in [-0.3, -0.25) is 0 Å². The maximum absolute atomic E-state index is 11.8. The predicted octanol–water partition coefficient (Wildman–Crippen LogP) is 1.95. The fourth-order valence-corrected chi connectivity index (χ4v) is 1.97. The molecule has 0 spiro atoms. The van der Waals surface area contributed by atoms with Crippen LogP contribution < -0.4 is 5.32 Å². The molecular formula is C11H17N3O3S. The number of hydrogen-bond acceptors (Lipinski definition) is 4. The van der Waals surface area contributed by atoms with Gasteiger partial charge in [-0.1, -0.05) is 0 Å². The minimum Gasteiger partial charge on any atom is -0.476 e. The molecule has 1 unspecified atom stereocenters. The van der Waals surface area contributed by atoms with Crippen molar-refractivity contribution in [2.75, 3.05) is 7.05 Å². The van der Waals surface area contributed by atoms with Gasteiger partial charge >= 0.3 is 12.0 Å². The lowest BCUT2D eigenvalue weighted by Crippen LogP contribution is -2.42. The molecule has 1 heterocycles. The lowest BCUT2D eigenvalue weighted by Gasteiger charge is -2.23. The van der Waals surface area contributed by atoms with Crippen molar-refractivity contribution in [1.29, 1.82) is 0 Å². The molecule has 1 aromatic rings. The summed E-state index contributed by atoms with van der Waals surface area (Å²) in [7, 11) is 1.71. The number of hydrogen-bond donors (Lipinski definition) is 2. The van der Waals surface area contributed by atoms with Crippen molar-refractivity contribution in [2.45, 2.75) is 32.9 Å². The zero-order valence-electron chi connectivity index (χ0n) is 10.8. The van der Waals surface area contributed by atoms with Crippen LogP contribution in [0.1, 0.15) is 42.3 Å². The molecule has 0 saturated carbocycles. The molecule has 2 amide bonds. The maximum Gasteiger partial charge on any atom is 0.355 e. The molecule has 0 radical (unpaired) electrons. The molecule has 7 heteroatoms. The van der Waals surface area contributed by atoms with Crippen LogP contribution in [0.15, 0.2) is 5.38 Å². The van der Waals surface area contributed by atoms with Gasteiger partial charge in [0.2, 0.25) is 0 Å². The first kappa shape index (κ1) is 14.4. The van der Waals surface area contributed by atoms with Crippen LogP contribution in [-0.2, 0) is 0 Å². The molecule has 1 atom stereocenters. The number of aromatic carboxylic acids is 1. The number of aromatic nitrogens is 1. The molecule has 0 aromatic carbocycles. The fraction of sp³-hybridized carbons (Fsp3) is 0.545. The average Bonchev–Trinajstić information content (AvgIpc) is 2.76. The Morgan fingerprint density at radius 3 is 2.50 bits per heavy atom. The number of carbonyl (C=O) groups is 2. The van der Waals surface area contributed by atoms with Crippen LogP contribution >= 0.6 is 11.3 Å². The molecule has 0 saturated heterocycles. The van der Waals surface area contributed by atoms with Crippen molar-refractivity contribution in [3.8, 4) is 0 Å². The van der Waals surface area contributed by atoms with Gasteiger partial charge in [-0.05, 0) is 20.8 Å². The van der Waals surface area contributed by atoms with E-state index >= 15 is 0 Å². The largest absolute Gasteiger partial charge is 0.476 e. The van der Waals surface area contributed by atoms with Crippen molar-refractivity contribution >= 4 is 23.3 Å². The summed E-state index contributed by atoms with van der Waals surface area (Å²) >= 11 is 1.22. The lowest BCUT2D eigenvalue weighted by molar-refractivity contribution is 0.0691. The van der Waals surface area contributed by atoms with E-state index in [1.165, 1.54) is 16.7 Å². The van der Waals surface area contributed by atoms with Crippen molar-refractivity contribution < 1.29 is 14.7 Å². The number of carboxylic acids is 1. The number of carboxylic acid groups (broad SMARTS) is 1. The number of amides is 2. The molecule has 0 aliphatic carbocycles. The maximum atomic E-state index is 11.8. The van der Waals surface area contributed by atoms with Crippen LogP contribution in [0.2, 0.25) is 0 Å². The SMILES string of the molecule is CC(NC(=O)N(C)C(C)C)c1nc(C(=O)O)cs1. The molecule has 0 fully saturated rings. The molecule has 18 heavy (non-hydrogen) atoms. The van der Waals surface area contributed by atoms with Gasteiger partial charge < -0.3 is 15.3 Å². The van der Waals surface area contributed by atoms with E-state index in [0.29, 0.717) is 5.01 Å². The first-order chi connectivity index (χ1) is 8.32. The second-order valence-electron chi connectivity index (χ2n) is 4.25. The Balaban J connectivity index is 2.67. The van der Waals surface area contributed by atoms with Crippen molar-refractivity contribution in [3.05, 3.63) is 16.1 Å². The highest BCUT2D eigenvalue weighted by molar-refractivity contribution is 7.09. The Morgan fingerprint density at radius 1 is 1.44 bits per heavy atom. The number of thiazole rings is 1. The second kappa shape index (κ2) is 5.81. The van der Waals surface area contributed by atoms with E-state index in [4.69, 9.17) is 5.11 Å². The highest BCUT2D eigenvalue weighted by Crippen LogP contribution is 2.18. The van der Waals surface area contributed by atoms with E-state index in [9.17, 15) is 9.59 Å². The smallest absolute Gasteiger partial charge is 0.355 e. The van der Waals surface area contributed by atoms with Gasteiger partial charge in [0.15, 0.2) is 5.69 Å². The zero-order chi connectivity index (χ0) is 13.9. The monoisotopic (exact) mass is 271 g/mol. The summed E-state index contributed by atoms with van der Waals surface area (Å²) in [5.41, 5.74) is 0.00770. The molecule has 1 rings (SSSR count). The molecular weight excluding hydrogens is 254 g/mol. The molecule has 6 nitrogen and oxygen atoms in total. The third kappa shape index (κ3) is 3.43. The van der Waals surface area contributed by atoms with Crippen LogP contribution in [0.3, 0.4) is 0 Å². The number of nitrogens with one attached hydrogen (secondary N) is 1. The standard InChI is InChI=1S/C11H17N3O3S/c1-6(2)14(4)11(17)12-7(3)9-13-8(5-18-9)10(15)16/h5-7H,1-4H3,(H,12,17)(H,15,16). The minimum absolute atomic E-state index is 0.00770.